The Morgan fingerprint density at radius 3 is 2.52 bits per heavy atom. The van der Waals surface area contributed by atoms with E-state index in [0.717, 1.165) is 11.3 Å². The summed E-state index contributed by atoms with van der Waals surface area (Å²) in [6.07, 6.45) is 1.76. The molecule has 0 aliphatic heterocycles. The van der Waals surface area contributed by atoms with Gasteiger partial charge in [0.1, 0.15) is 11.8 Å². The van der Waals surface area contributed by atoms with Gasteiger partial charge in [0.2, 0.25) is 5.88 Å². The summed E-state index contributed by atoms with van der Waals surface area (Å²) in [5, 5.41) is 7.51. The van der Waals surface area contributed by atoms with Crippen molar-refractivity contribution in [3.63, 3.8) is 0 Å². The van der Waals surface area contributed by atoms with Crippen molar-refractivity contribution in [2.45, 2.75) is 13.1 Å². The molecule has 0 aliphatic carbocycles. The molecule has 0 spiro atoms. The zero-order valence-corrected chi connectivity index (χ0v) is 19.3. The number of guanidine groups is 1. The summed E-state index contributed by atoms with van der Waals surface area (Å²) in [5.41, 5.74) is 1.97. The van der Waals surface area contributed by atoms with Crippen LogP contribution in [0.15, 0.2) is 29.4 Å². The van der Waals surface area contributed by atoms with E-state index < -0.39 is 0 Å². The second-order valence-corrected chi connectivity index (χ2v) is 6.22. The van der Waals surface area contributed by atoms with Crippen LogP contribution in [0.4, 0.5) is 0 Å². The van der Waals surface area contributed by atoms with Gasteiger partial charge in [-0.2, -0.15) is 0 Å². The van der Waals surface area contributed by atoms with Crippen LogP contribution in [-0.2, 0) is 24.9 Å². The number of hydrogen-bond acceptors (Lipinski definition) is 4. The van der Waals surface area contributed by atoms with E-state index in [1.54, 1.807) is 20.4 Å². The van der Waals surface area contributed by atoms with E-state index in [-0.39, 0.29) is 24.0 Å². The number of aliphatic imine (C=N–C) groups is 1. The largest absolute Gasteiger partial charge is 0.475 e. The summed E-state index contributed by atoms with van der Waals surface area (Å²) in [7, 11) is 5.21. The molecule has 0 saturated heterocycles. The fourth-order valence-electron chi connectivity index (χ4n) is 2.17. The zero-order chi connectivity index (χ0) is 18.9. The van der Waals surface area contributed by atoms with Crippen LogP contribution in [0.3, 0.4) is 0 Å². The number of rotatable bonds is 8. The highest BCUT2D eigenvalue weighted by atomic mass is 127. The van der Waals surface area contributed by atoms with Crippen LogP contribution in [0, 0.1) is 0 Å². The van der Waals surface area contributed by atoms with E-state index in [9.17, 15) is 0 Å². The molecule has 0 atom stereocenters. The quantitative estimate of drug-likeness (QED) is 0.239. The van der Waals surface area contributed by atoms with E-state index in [1.807, 2.05) is 29.8 Å². The van der Waals surface area contributed by atoms with Crippen molar-refractivity contribution >= 4 is 53.1 Å². The maximum atomic E-state index is 6.07. The molecule has 0 unspecified atom stereocenters. The minimum absolute atomic E-state index is 0. The Labute approximate surface area is 186 Å². The first-order valence-corrected chi connectivity index (χ1v) is 8.81. The number of hydrogen-bond donors (Lipinski definition) is 2. The lowest BCUT2D eigenvalue weighted by atomic mass is 10.3. The van der Waals surface area contributed by atoms with Crippen LogP contribution in [0.5, 0.6) is 5.88 Å². The molecular formula is C17H24Cl2IN5O2. The fourth-order valence-corrected chi connectivity index (χ4v) is 2.59. The van der Waals surface area contributed by atoms with Gasteiger partial charge in [-0.15, -0.1) is 24.0 Å². The van der Waals surface area contributed by atoms with Crippen molar-refractivity contribution in [3.8, 4) is 5.88 Å². The molecule has 0 amide bonds. The molecule has 150 valence electrons. The van der Waals surface area contributed by atoms with E-state index in [4.69, 9.17) is 32.7 Å². The highest BCUT2D eigenvalue weighted by Gasteiger charge is 2.09. The Hall–Kier alpha value is -1.23. The standard InChI is InChI=1S/C17H23Cl2N5O2.HI/c1-20-17(23-11-13-8-14(18)16(19)24(13)2)22-10-12-4-5-15(21-9-12)26-7-6-25-3;/h4-5,8-9H,6-7,10-11H2,1-3H3,(H2,20,22,23);1H. The first-order valence-electron chi connectivity index (χ1n) is 8.06. The lowest BCUT2D eigenvalue weighted by molar-refractivity contribution is 0.143. The Balaban J connectivity index is 0.00000364. The summed E-state index contributed by atoms with van der Waals surface area (Å²) in [6, 6.07) is 5.61. The molecular weight excluding hydrogens is 504 g/mol. The average Bonchev–Trinajstić information content (AvgIpc) is 2.90. The summed E-state index contributed by atoms with van der Waals surface area (Å²) in [5.74, 6) is 1.24. The zero-order valence-electron chi connectivity index (χ0n) is 15.5. The van der Waals surface area contributed by atoms with E-state index >= 15 is 0 Å². The van der Waals surface area contributed by atoms with Gasteiger partial charge in [0.05, 0.1) is 18.2 Å². The summed E-state index contributed by atoms with van der Waals surface area (Å²) < 4.78 is 12.2. The minimum atomic E-state index is 0. The molecule has 7 nitrogen and oxygen atoms in total. The van der Waals surface area contributed by atoms with Gasteiger partial charge in [0.25, 0.3) is 0 Å². The molecule has 2 rings (SSSR count). The van der Waals surface area contributed by atoms with Gasteiger partial charge in [0.15, 0.2) is 5.96 Å². The number of ether oxygens (including phenoxy) is 2. The van der Waals surface area contributed by atoms with E-state index in [2.05, 4.69) is 20.6 Å². The monoisotopic (exact) mass is 527 g/mol. The van der Waals surface area contributed by atoms with Crippen LogP contribution in [0.1, 0.15) is 11.3 Å². The predicted molar refractivity (Wildman–Crippen MR) is 119 cm³/mol. The molecule has 27 heavy (non-hydrogen) atoms. The summed E-state index contributed by atoms with van der Waals surface area (Å²) >= 11 is 12.1. The lowest BCUT2D eigenvalue weighted by Crippen LogP contribution is -2.36. The van der Waals surface area contributed by atoms with Gasteiger partial charge in [-0.3, -0.25) is 4.99 Å². The first-order chi connectivity index (χ1) is 12.5. The molecule has 0 aromatic carbocycles. The Morgan fingerprint density at radius 1 is 1.22 bits per heavy atom. The molecule has 0 aliphatic rings. The second-order valence-electron chi connectivity index (χ2n) is 5.46. The highest BCUT2D eigenvalue weighted by Crippen LogP contribution is 2.24. The maximum Gasteiger partial charge on any atom is 0.213 e. The molecule has 2 N–H and O–H groups in total. The van der Waals surface area contributed by atoms with Crippen LogP contribution < -0.4 is 15.4 Å². The van der Waals surface area contributed by atoms with Gasteiger partial charge in [-0.05, 0) is 11.6 Å². The minimum Gasteiger partial charge on any atom is -0.475 e. The molecule has 0 bridgehead atoms. The van der Waals surface area contributed by atoms with Gasteiger partial charge in [-0.25, -0.2) is 4.98 Å². The Kier molecular flexibility index (Phi) is 10.8. The molecule has 0 saturated carbocycles. The Bertz CT molecular complexity index is 738. The van der Waals surface area contributed by atoms with Crippen LogP contribution >= 0.6 is 47.2 Å². The van der Waals surface area contributed by atoms with Gasteiger partial charge in [0, 0.05) is 45.7 Å². The van der Waals surface area contributed by atoms with E-state index in [0.29, 0.717) is 48.3 Å². The highest BCUT2D eigenvalue weighted by molar-refractivity contribution is 14.0. The van der Waals surface area contributed by atoms with Crippen molar-refractivity contribution in [1.82, 2.24) is 20.2 Å². The lowest BCUT2D eigenvalue weighted by Gasteiger charge is -2.12. The third-order valence-electron chi connectivity index (χ3n) is 3.67. The average molecular weight is 528 g/mol. The normalized spacial score (nSPS) is 11.1. The molecule has 0 radical (unpaired) electrons. The Morgan fingerprint density at radius 2 is 1.96 bits per heavy atom. The number of nitrogens with one attached hydrogen (secondary N) is 2. The van der Waals surface area contributed by atoms with E-state index in [1.165, 1.54) is 0 Å². The number of nitrogens with zero attached hydrogens (tertiary/aromatic N) is 3. The van der Waals surface area contributed by atoms with Gasteiger partial charge < -0.3 is 24.7 Å². The van der Waals surface area contributed by atoms with Gasteiger partial charge >= 0.3 is 0 Å². The third-order valence-corrected chi connectivity index (χ3v) is 4.51. The van der Waals surface area contributed by atoms with Crippen molar-refractivity contribution in [1.29, 1.82) is 0 Å². The molecule has 10 heteroatoms. The number of pyridine rings is 1. The third kappa shape index (κ3) is 7.36. The van der Waals surface area contributed by atoms with Crippen molar-refractivity contribution in [2.24, 2.45) is 12.0 Å². The molecule has 0 fully saturated rings. The fraction of sp³-hybridized carbons (Fsp3) is 0.412. The topological polar surface area (TPSA) is 72.7 Å². The summed E-state index contributed by atoms with van der Waals surface area (Å²) in [4.78, 5) is 8.47. The molecule has 2 aromatic rings. The number of aromatic nitrogens is 2. The SMILES string of the molecule is CN=C(NCc1ccc(OCCOC)nc1)NCc1cc(Cl)c(Cl)n1C.I. The summed E-state index contributed by atoms with van der Waals surface area (Å²) in [6.45, 7) is 2.14. The molecule has 2 aromatic heterocycles. The van der Waals surface area contributed by atoms with Crippen LogP contribution in [0.2, 0.25) is 10.2 Å². The smallest absolute Gasteiger partial charge is 0.213 e. The van der Waals surface area contributed by atoms with Crippen molar-refractivity contribution in [3.05, 3.63) is 45.8 Å². The van der Waals surface area contributed by atoms with Gasteiger partial charge in [-0.1, -0.05) is 29.3 Å². The first kappa shape index (κ1) is 23.8. The van der Waals surface area contributed by atoms with Crippen molar-refractivity contribution < 1.29 is 9.47 Å². The van der Waals surface area contributed by atoms with Crippen molar-refractivity contribution in [2.75, 3.05) is 27.4 Å². The van der Waals surface area contributed by atoms with Crippen LogP contribution in [0.25, 0.3) is 0 Å². The number of methoxy groups -OCH3 is 1. The van der Waals surface area contributed by atoms with Crippen LogP contribution in [-0.4, -0.2) is 42.9 Å². The maximum absolute atomic E-state index is 6.07. The number of halogens is 3. The second kappa shape index (κ2) is 12.3. The predicted octanol–water partition coefficient (Wildman–Crippen LogP) is 3.24. The molecule has 2 heterocycles.